The molecule has 1 aromatic carbocycles. The quantitative estimate of drug-likeness (QED) is 0.566. The van der Waals surface area contributed by atoms with Crippen molar-refractivity contribution >= 4 is 40.1 Å². The summed E-state index contributed by atoms with van der Waals surface area (Å²) in [5.41, 5.74) is 0.348. The monoisotopic (exact) mass is 294 g/mol. The Hall–Kier alpha value is -2.42. The molecular weight excluding hydrogens is 284 g/mol. The van der Waals surface area contributed by atoms with Crippen LogP contribution in [0.2, 0.25) is 0 Å². The van der Waals surface area contributed by atoms with Crippen LogP contribution in [0, 0.1) is 15.5 Å². The number of amides is 2. The molecule has 0 saturated carbocycles. The Morgan fingerprint density at radius 3 is 2.60 bits per heavy atom. The zero-order chi connectivity index (χ0) is 14.7. The molecule has 8 nitrogen and oxygen atoms in total. The highest BCUT2D eigenvalue weighted by Gasteiger charge is 2.31. The first-order chi connectivity index (χ1) is 9.45. The molecule has 1 unspecified atom stereocenters. The Labute approximate surface area is 117 Å². The summed E-state index contributed by atoms with van der Waals surface area (Å²) in [6.45, 7) is 0. The fourth-order valence-corrected chi connectivity index (χ4v) is 2.44. The maximum atomic E-state index is 11.7. The van der Waals surface area contributed by atoms with E-state index in [1.54, 1.807) is 0 Å². The molecule has 1 heterocycles. The van der Waals surface area contributed by atoms with Crippen LogP contribution in [0.15, 0.2) is 24.3 Å². The van der Waals surface area contributed by atoms with Gasteiger partial charge in [0, 0.05) is 24.2 Å². The maximum absolute atomic E-state index is 11.7. The molecule has 1 aliphatic heterocycles. The Balaban J connectivity index is 1.93. The number of rotatable bonds is 4. The van der Waals surface area contributed by atoms with Gasteiger partial charge in [-0.3, -0.25) is 25.1 Å². The molecule has 2 amide bonds. The molecule has 9 heteroatoms. The van der Waals surface area contributed by atoms with Crippen molar-refractivity contribution in [1.29, 1.82) is 5.41 Å². The van der Waals surface area contributed by atoms with Gasteiger partial charge in [-0.15, -0.1) is 0 Å². The third kappa shape index (κ3) is 3.32. The van der Waals surface area contributed by atoms with E-state index in [2.05, 4.69) is 10.6 Å². The van der Waals surface area contributed by atoms with E-state index in [0.29, 0.717) is 5.69 Å². The number of carbonyl (C=O) groups is 2. The number of benzene rings is 1. The van der Waals surface area contributed by atoms with Crippen LogP contribution in [0.4, 0.5) is 11.4 Å². The number of nitrogens with zero attached hydrogens (tertiary/aromatic N) is 1. The minimum absolute atomic E-state index is 0.0307. The fraction of sp³-hybridized carbons (Fsp3) is 0.182. The number of anilines is 1. The lowest BCUT2D eigenvalue weighted by atomic mass is 10.2. The lowest BCUT2D eigenvalue weighted by Gasteiger charge is -2.07. The topological polar surface area (TPSA) is 125 Å². The van der Waals surface area contributed by atoms with E-state index in [4.69, 9.17) is 5.41 Å². The Kier molecular flexibility index (Phi) is 3.99. The van der Waals surface area contributed by atoms with Crippen molar-refractivity contribution in [2.45, 2.75) is 11.7 Å². The molecule has 104 valence electrons. The zero-order valence-electron chi connectivity index (χ0n) is 10.1. The number of non-ortho nitro benzene ring substituents is 1. The van der Waals surface area contributed by atoms with Gasteiger partial charge >= 0.3 is 0 Å². The van der Waals surface area contributed by atoms with Gasteiger partial charge in [0.25, 0.3) is 5.69 Å². The van der Waals surface area contributed by atoms with Crippen LogP contribution < -0.4 is 10.6 Å². The maximum Gasteiger partial charge on any atom is 0.269 e. The van der Waals surface area contributed by atoms with Gasteiger partial charge in [-0.25, -0.2) is 0 Å². The van der Waals surface area contributed by atoms with Crippen LogP contribution in [0.1, 0.15) is 6.42 Å². The van der Waals surface area contributed by atoms with Crippen molar-refractivity contribution in [2.24, 2.45) is 0 Å². The van der Waals surface area contributed by atoms with Crippen molar-refractivity contribution in [1.82, 2.24) is 5.32 Å². The summed E-state index contributed by atoms with van der Waals surface area (Å²) < 4.78 is 0. The lowest BCUT2D eigenvalue weighted by molar-refractivity contribution is -0.384. The van der Waals surface area contributed by atoms with Gasteiger partial charge in [-0.05, 0) is 12.1 Å². The predicted octanol–water partition coefficient (Wildman–Crippen LogP) is 1.09. The van der Waals surface area contributed by atoms with Gasteiger partial charge in [0.05, 0.1) is 4.92 Å². The first kappa shape index (κ1) is 14.0. The summed E-state index contributed by atoms with van der Waals surface area (Å²) >= 11 is 0.991. The molecule has 1 saturated heterocycles. The van der Waals surface area contributed by atoms with Crippen molar-refractivity contribution in [2.75, 3.05) is 5.32 Å². The van der Waals surface area contributed by atoms with E-state index in [-0.39, 0.29) is 29.1 Å². The van der Waals surface area contributed by atoms with Gasteiger partial charge in [0.2, 0.25) is 11.8 Å². The van der Waals surface area contributed by atoms with E-state index in [0.717, 1.165) is 11.8 Å². The SMILES string of the molecule is N=C1NC(=O)C(CC(=O)Nc2ccc([N+](=O)[O-])cc2)S1. The Morgan fingerprint density at radius 2 is 2.10 bits per heavy atom. The zero-order valence-corrected chi connectivity index (χ0v) is 10.9. The summed E-state index contributed by atoms with van der Waals surface area (Å²) in [5.74, 6) is -0.750. The van der Waals surface area contributed by atoms with Gasteiger partial charge < -0.3 is 10.6 Å². The minimum atomic E-state index is -0.611. The first-order valence-corrected chi connectivity index (χ1v) is 6.44. The van der Waals surface area contributed by atoms with Gasteiger partial charge in [0.1, 0.15) is 5.25 Å². The molecule has 1 aliphatic rings. The van der Waals surface area contributed by atoms with Crippen LogP contribution in [-0.2, 0) is 9.59 Å². The number of thioether (sulfide) groups is 1. The van der Waals surface area contributed by atoms with Crippen molar-refractivity contribution < 1.29 is 14.5 Å². The molecule has 20 heavy (non-hydrogen) atoms. The van der Waals surface area contributed by atoms with Crippen LogP contribution in [-0.4, -0.2) is 27.2 Å². The van der Waals surface area contributed by atoms with Crippen molar-refractivity contribution in [3.63, 3.8) is 0 Å². The standard InChI is InChI=1S/C11H10N4O4S/c12-11-14-10(17)8(20-11)5-9(16)13-6-1-3-7(4-2-6)15(18)19/h1-4,8H,5H2,(H,13,16)(H2,12,14,17). The minimum Gasteiger partial charge on any atom is -0.326 e. The largest absolute Gasteiger partial charge is 0.326 e. The average molecular weight is 294 g/mol. The number of hydrogen-bond acceptors (Lipinski definition) is 6. The van der Waals surface area contributed by atoms with Crippen LogP contribution in [0.25, 0.3) is 0 Å². The molecule has 2 rings (SSSR count). The van der Waals surface area contributed by atoms with E-state index in [1.165, 1.54) is 24.3 Å². The molecule has 3 N–H and O–H groups in total. The van der Waals surface area contributed by atoms with Crippen LogP contribution in [0.3, 0.4) is 0 Å². The van der Waals surface area contributed by atoms with E-state index in [1.807, 2.05) is 0 Å². The molecule has 0 aliphatic carbocycles. The van der Waals surface area contributed by atoms with E-state index in [9.17, 15) is 19.7 Å². The van der Waals surface area contributed by atoms with Crippen molar-refractivity contribution in [3.05, 3.63) is 34.4 Å². The highest BCUT2D eigenvalue weighted by molar-refractivity contribution is 8.15. The number of nitrogens with one attached hydrogen (secondary N) is 3. The first-order valence-electron chi connectivity index (χ1n) is 5.56. The van der Waals surface area contributed by atoms with E-state index < -0.39 is 10.2 Å². The second-order valence-corrected chi connectivity index (χ2v) is 5.19. The molecule has 0 bridgehead atoms. The summed E-state index contributed by atoms with van der Waals surface area (Å²) in [6.07, 6.45) is -0.0597. The third-order valence-corrected chi connectivity index (χ3v) is 3.52. The van der Waals surface area contributed by atoms with Crippen molar-refractivity contribution in [3.8, 4) is 0 Å². The summed E-state index contributed by atoms with van der Waals surface area (Å²) in [4.78, 5) is 33.0. The highest BCUT2D eigenvalue weighted by Crippen LogP contribution is 2.22. The smallest absolute Gasteiger partial charge is 0.269 e. The summed E-state index contributed by atoms with van der Waals surface area (Å²) in [7, 11) is 0. The molecule has 0 aromatic heterocycles. The molecule has 1 atom stereocenters. The van der Waals surface area contributed by atoms with Gasteiger partial charge in [0.15, 0.2) is 5.17 Å². The third-order valence-electron chi connectivity index (χ3n) is 2.52. The number of amidine groups is 1. The second kappa shape index (κ2) is 5.70. The Morgan fingerprint density at radius 1 is 1.45 bits per heavy atom. The highest BCUT2D eigenvalue weighted by atomic mass is 32.2. The number of nitro groups is 1. The van der Waals surface area contributed by atoms with Crippen LogP contribution in [0.5, 0.6) is 0 Å². The van der Waals surface area contributed by atoms with Gasteiger partial charge in [-0.2, -0.15) is 0 Å². The molecular formula is C11H10N4O4S. The molecule has 1 aromatic rings. The number of nitro benzene ring substituents is 1. The fourth-order valence-electron chi connectivity index (χ4n) is 1.60. The Bertz CT molecular complexity index is 587. The summed E-state index contributed by atoms with van der Waals surface area (Å²) in [5, 5.41) is 22.0. The lowest BCUT2D eigenvalue weighted by Crippen LogP contribution is -2.27. The molecule has 0 spiro atoms. The van der Waals surface area contributed by atoms with Gasteiger partial charge in [-0.1, -0.05) is 11.8 Å². The van der Waals surface area contributed by atoms with E-state index >= 15 is 0 Å². The molecule has 0 radical (unpaired) electrons. The average Bonchev–Trinajstić information content (AvgIpc) is 2.68. The van der Waals surface area contributed by atoms with Crippen LogP contribution >= 0.6 is 11.8 Å². The normalized spacial score (nSPS) is 17.7. The molecule has 1 fully saturated rings. The number of carbonyl (C=O) groups excluding carboxylic acids is 2. The number of hydrogen-bond donors (Lipinski definition) is 3. The second-order valence-electron chi connectivity index (χ2n) is 3.98. The predicted molar refractivity (Wildman–Crippen MR) is 73.6 cm³/mol. The summed E-state index contributed by atoms with van der Waals surface area (Å²) in [6, 6.07) is 5.39.